The minimum absolute atomic E-state index is 0.950. The fourth-order valence-electron chi connectivity index (χ4n) is 5.69. The zero-order valence-corrected chi connectivity index (χ0v) is 19.0. The summed E-state index contributed by atoms with van der Waals surface area (Å²) in [5.74, 6) is 0.950. The summed E-state index contributed by atoms with van der Waals surface area (Å²) in [6, 6.07) is 37.1. The van der Waals surface area contributed by atoms with Gasteiger partial charge in [0.25, 0.3) is 0 Å². The Morgan fingerprint density at radius 3 is 1.91 bits per heavy atom. The van der Waals surface area contributed by atoms with Crippen LogP contribution in [0.2, 0.25) is 0 Å². The molecule has 0 amide bonds. The largest absolute Gasteiger partial charge is 0.292 e. The van der Waals surface area contributed by atoms with Crippen molar-refractivity contribution in [3.63, 3.8) is 0 Å². The van der Waals surface area contributed by atoms with Crippen molar-refractivity contribution in [2.75, 3.05) is 0 Å². The second-order valence-corrected chi connectivity index (χ2v) is 9.85. The lowest BCUT2D eigenvalue weighted by Gasteiger charge is -2.11. The Kier molecular flexibility index (Phi) is 3.57. The molecular weight excluding hydrogens is 432 g/mol. The third kappa shape index (κ3) is 2.27. The van der Waals surface area contributed by atoms with Gasteiger partial charge in [-0.1, -0.05) is 78.9 Å². The molecule has 0 spiro atoms. The molecule has 0 fully saturated rings. The molecular formula is C31H18N2S. The summed E-state index contributed by atoms with van der Waals surface area (Å²) >= 11 is 1.86. The fourth-order valence-corrected chi connectivity index (χ4v) is 6.80. The lowest BCUT2D eigenvalue weighted by Crippen LogP contribution is -1.97. The molecule has 0 saturated heterocycles. The predicted octanol–water partition coefficient (Wildman–Crippen LogP) is 8.85. The third-order valence-corrected chi connectivity index (χ3v) is 8.15. The van der Waals surface area contributed by atoms with Crippen LogP contribution in [0.3, 0.4) is 0 Å². The minimum Gasteiger partial charge on any atom is -0.292 e. The molecule has 0 aliphatic rings. The highest BCUT2D eigenvalue weighted by Crippen LogP contribution is 2.46. The van der Waals surface area contributed by atoms with Crippen molar-refractivity contribution in [2.24, 2.45) is 0 Å². The van der Waals surface area contributed by atoms with Crippen molar-refractivity contribution < 1.29 is 0 Å². The Bertz CT molecular complexity index is 2060. The van der Waals surface area contributed by atoms with Crippen LogP contribution < -0.4 is 0 Å². The molecule has 0 atom stereocenters. The number of pyridine rings is 1. The summed E-state index contributed by atoms with van der Waals surface area (Å²) in [7, 11) is 0. The van der Waals surface area contributed by atoms with Gasteiger partial charge >= 0.3 is 0 Å². The second kappa shape index (κ2) is 6.66. The maximum Gasteiger partial charge on any atom is 0.137 e. The SMILES string of the molecule is c1ccc(-n2c3c(ccc4sc5ccccc5c43)c3c4ccccc4c4ccccc4c32)nc1. The van der Waals surface area contributed by atoms with Gasteiger partial charge < -0.3 is 0 Å². The van der Waals surface area contributed by atoms with Gasteiger partial charge in [0.1, 0.15) is 5.82 Å². The third-order valence-electron chi connectivity index (χ3n) is 7.02. The van der Waals surface area contributed by atoms with E-state index in [2.05, 4.69) is 102 Å². The van der Waals surface area contributed by atoms with E-state index in [0.717, 1.165) is 5.82 Å². The molecule has 0 N–H and O–H groups in total. The zero-order chi connectivity index (χ0) is 22.2. The molecule has 0 unspecified atom stereocenters. The minimum atomic E-state index is 0.950. The number of hydrogen-bond acceptors (Lipinski definition) is 2. The van der Waals surface area contributed by atoms with Gasteiger partial charge in [-0.2, -0.15) is 0 Å². The molecule has 0 bridgehead atoms. The van der Waals surface area contributed by atoms with E-state index in [1.165, 1.54) is 63.5 Å². The number of benzene rings is 5. The first-order valence-electron chi connectivity index (χ1n) is 11.5. The van der Waals surface area contributed by atoms with Gasteiger partial charge in [-0.05, 0) is 40.4 Å². The van der Waals surface area contributed by atoms with E-state index in [1.807, 2.05) is 23.6 Å². The molecule has 5 aromatic carbocycles. The topological polar surface area (TPSA) is 17.8 Å². The molecule has 2 nitrogen and oxygen atoms in total. The highest BCUT2D eigenvalue weighted by molar-refractivity contribution is 7.26. The number of rotatable bonds is 1. The van der Waals surface area contributed by atoms with Gasteiger partial charge in [-0.25, -0.2) is 4.98 Å². The Morgan fingerprint density at radius 2 is 1.12 bits per heavy atom. The molecule has 8 aromatic rings. The summed E-state index contributed by atoms with van der Waals surface area (Å²) in [6.45, 7) is 0. The lowest BCUT2D eigenvalue weighted by atomic mass is 9.96. The van der Waals surface area contributed by atoms with Crippen LogP contribution in [-0.4, -0.2) is 9.55 Å². The van der Waals surface area contributed by atoms with E-state index in [1.54, 1.807) is 0 Å². The van der Waals surface area contributed by atoms with Crippen LogP contribution in [0.4, 0.5) is 0 Å². The number of hydrogen-bond donors (Lipinski definition) is 0. The van der Waals surface area contributed by atoms with Crippen molar-refractivity contribution in [1.29, 1.82) is 0 Å². The molecule has 34 heavy (non-hydrogen) atoms. The van der Waals surface area contributed by atoms with Gasteiger partial charge in [-0.15, -0.1) is 11.3 Å². The second-order valence-electron chi connectivity index (χ2n) is 8.77. The molecule has 0 radical (unpaired) electrons. The Balaban J connectivity index is 1.79. The summed E-state index contributed by atoms with van der Waals surface area (Å²) in [4.78, 5) is 4.85. The molecule has 0 aliphatic heterocycles. The van der Waals surface area contributed by atoms with Gasteiger partial charge in [-0.3, -0.25) is 4.57 Å². The molecule has 0 aliphatic carbocycles. The highest BCUT2D eigenvalue weighted by Gasteiger charge is 2.22. The van der Waals surface area contributed by atoms with Crippen LogP contribution in [0.15, 0.2) is 109 Å². The number of thiophene rings is 1. The first kappa shape index (κ1) is 18.2. The average molecular weight is 451 g/mol. The molecule has 0 saturated carbocycles. The van der Waals surface area contributed by atoms with Crippen LogP contribution >= 0.6 is 11.3 Å². The van der Waals surface area contributed by atoms with Gasteiger partial charge in [0.15, 0.2) is 0 Å². The van der Waals surface area contributed by atoms with E-state index in [0.29, 0.717) is 0 Å². The number of nitrogens with zero attached hydrogens (tertiary/aromatic N) is 2. The van der Waals surface area contributed by atoms with Crippen LogP contribution in [-0.2, 0) is 0 Å². The van der Waals surface area contributed by atoms with Crippen LogP contribution in [0.25, 0.3) is 69.3 Å². The Hall–Kier alpha value is -4.21. The van der Waals surface area contributed by atoms with Crippen LogP contribution in [0, 0.1) is 0 Å². The maximum atomic E-state index is 4.85. The average Bonchev–Trinajstić information content (AvgIpc) is 3.45. The zero-order valence-electron chi connectivity index (χ0n) is 18.2. The Labute approximate surface area is 199 Å². The van der Waals surface area contributed by atoms with E-state index in [-0.39, 0.29) is 0 Å². The summed E-state index contributed by atoms with van der Waals surface area (Å²) in [5, 5.41) is 10.3. The summed E-state index contributed by atoms with van der Waals surface area (Å²) in [5.41, 5.74) is 2.47. The monoisotopic (exact) mass is 450 g/mol. The van der Waals surface area contributed by atoms with Crippen molar-refractivity contribution >= 4 is 74.9 Å². The quantitative estimate of drug-likeness (QED) is 0.228. The van der Waals surface area contributed by atoms with Gasteiger partial charge in [0.05, 0.1) is 11.0 Å². The highest BCUT2D eigenvalue weighted by atomic mass is 32.1. The van der Waals surface area contributed by atoms with Crippen molar-refractivity contribution in [3.05, 3.63) is 109 Å². The van der Waals surface area contributed by atoms with Gasteiger partial charge in [0.2, 0.25) is 0 Å². The van der Waals surface area contributed by atoms with E-state index in [9.17, 15) is 0 Å². The number of fused-ring (bicyclic) bond motifs is 12. The standard InChI is InChI=1S/C31H18N2S/c1-3-11-21-19(9-1)20-10-2-4-12-22(20)30-28(21)24-16-17-26-29(23-13-5-6-14-25(23)34-26)31(24)33(30)27-15-7-8-18-32-27/h1-18H. The smallest absolute Gasteiger partial charge is 0.137 e. The lowest BCUT2D eigenvalue weighted by molar-refractivity contribution is 1.09. The first-order valence-corrected chi connectivity index (χ1v) is 12.3. The van der Waals surface area contributed by atoms with E-state index >= 15 is 0 Å². The normalized spacial score (nSPS) is 12.1. The summed E-state index contributed by atoms with van der Waals surface area (Å²) in [6.07, 6.45) is 1.89. The molecule has 158 valence electrons. The summed E-state index contributed by atoms with van der Waals surface area (Å²) < 4.78 is 5.03. The molecule has 3 aromatic heterocycles. The first-order chi connectivity index (χ1) is 16.9. The molecule has 8 rings (SSSR count). The van der Waals surface area contributed by atoms with Crippen molar-refractivity contribution in [1.82, 2.24) is 9.55 Å². The predicted molar refractivity (Wildman–Crippen MR) is 146 cm³/mol. The van der Waals surface area contributed by atoms with E-state index < -0.39 is 0 Å². The fraction of sp³-hybridized carbons (Fsp3) is 0. The molecule has 3 heteroatoms. The van der Waals surface area contributed by atoms with E-state index in [4.69, 9.17) is 4.98 Å². The van der Waals surface area contributed by atoms with Crippen LogP contribution in [0.1, 0.15) is 0 Å². The maximum absolute atomic E-state index is 4.85. The Morgan fingerprint density at radius 1 is 0.471 bits per heavy atom. The van der Waals surface area contributed by atoms with Crippen molar-refractivity contribution in [2.45, 2.75) is 0 Å². The number of aromatic nitrogens is 2. The van der Waals surface area contributed by atoms with Crippen molar-refractivity contribution in [3.8, 4) is 5.82 Å². The van der Waals surface area contributed by atoms with Gasteiger partial charge in [0, 0.05) is 42.5 Å². The van der Waals surface area contributed by atoms with Crippen LogP contribution in [0.5, 0.6) is 0 Å². The molecule has 3 heterocycles.